The van der Waals surface area contributed by atoms with Crippen molar-refractivity contribution in [2.45, 2.75) is 32.6 Å². The van der Waals surface area contributed by atoms with E-state index >= 15 is 0 Å². The van der Waals surface area contributed by atoms with Crippen molar-refractivity contribution in [2.24, 2.45) is 0 Å². The van der Waals surface area contributed by atoms with Crippen LogP contribution in [0.15, 0.2) is 30.3 Å². The molecule has 0 fully saturated rings. The maximum absolute atomic E-state index is 2.29. The smallest absolute Gasteiger partial charge is 0.132 e. The van der Waals surface area contributed by atoms with Gasteiger partial charge in [-0.15, -0.1) is 0 Å². The lowest BCUT2D eigenvalue weighted by molar-refractivity contribution is -0.00000340. The summed E-state index contributed by atoms with van der Waals surface area (Å²) >= 11 is 0. The Morgan fingerprint density at radius 3 is 2.12 bits per heavy atom. The second kappa shape index (κ2) is 7.70. The molecule has 0 aromatic heterocycles. The van der Waals surface area contributed by atoms with Crippen LogP contribution in [0.2, 0.25) is 0 Å². The molecule has 0 aliphatic heterocycles. The zero-order valence-corrected chi connectivity index (χ0v) is 11.5. The van der Waals surface area contributed by atoms with Crippen LogP contribution in [0.25, 0.3) is 0 Å². The molecule has 0 radical (unpaired) electrons. The highest BCUT2D eigenvalue weighted by atomic mass is 35.5. The van der Waals surface area contributed by atoms with Gasteiger partial charge in [-0.2, -0.15) is 0 Å². The molecule has 0 saturated heterocycles. The van der Waals surface area contributed by atoms with Crippen LogP contribution in [0, 0.1) is 0 Å². The molecule has 0 bridgehead atoms. The van der Waals surface area contributed by atoms with Crippen LogP contribution in [0.4, 0.5) is 5.69 Å². The molecule has 1 nitrogen and oxygen atoms in total. The molecule has 1 aromatic carbocycles. The Labute approximate surface area is 106 Å². The Hall–Kier alpha value is -0.530. The van der Waals surface area contributed by atoms with Crippen LogP contribution in [0.5, 0.6) is 0 Å². The van der Waals surface area contributed by atoms with Crippen molar-refractivity contribution in [3.8, 4) is 0 Å². The van der Waals surface area contributed by atoms with Crippen LogP contribution < -0.4 is 16.9 Å². The highest BCUT2D eigenvalue weighted by molar-refractivity contribution is 5.40. The molecule has 0 amide bonds. The summed E-state index contributed by atoms with van der Waals surface area (Å²) in [4.78, 5) is 0. The molecule has 0 aliphatic carbocycles. The van der Waals surface area contributed by atoms with Gasteiger partial charge in [0.1, 0.15) is 5.69 Å². The van der Waals surface area contributed by atoms with Gasteiger partial charge in [0, 0.05) is 0 Å². The van der Waals surface area contributed by atoms with E-state index in [0.29, 0.717) is 0 Å². The molecule has 2 heteroatoms. The summed E-state index contributed by atoms with van der Waals surface area (Å²) in [5, 5.41) is 0. The minimum absolute atomic E-state index is 0. The van der Waals surface area contributed by atoms with E-state index in [2.05, 4.69) is 51.4 Å². The molecule has 0 spiro atoms. The Morgan fingerprint density at radius 1 is 0.938 bits per heavy atom. The molecule has 0 unspecified atom stereocenters. The van der Waals surface area contributed by atoms with Gasteiger partial charge in [-0.25, -0.2) is 0 Å². The lowest BCUT2D eigenvalue weighted by atomic mass is 10.2. The van der Waals surface area contributed by atoms with Crippen molar-refractivity contribution in [1.29, 1.82) is 0 Å². The van der Waals surface area contributed by atoms with Crippen molar-refractivity contribution in [3.63, 3.8) is 0 Å². The summed E-state index contributed by atoms with van der Waals surface area (Å²) in [5.41, 5.74) is 1.41. The van der Waals surface area contributed by atoms with Gasteiger partial charge in [0.05, 0.1) is 20.6 Å². The lowest BCUT2D eigenvalue weighted by Crippen LogP contribution is -3.00. The van der Waals surface area contributed by atoms with Crippen molar-refractivity contribution in [1.82, 2.24) is 4.48 Å². The minimum atomic E-state index is 0. The molecule has 1 rings (SSSR count). The number of quaternary nitrogens is 1. The van der Waals surface area contributed by atoms with E-state index in [1.54, 1.807) is 0 Å². The van der Waals surface area contributed by atoms with Crippen molar-refractivity contribution in [2.75, 3.05) is 20.6 Å². The lowest BCUT2D eigenvalue weighted by Gasteiger charge is -2.29. The van der Waals surface area contributed by atoms with Gasteiger partial charge in [-0.3, -0.25) is 4.48 Å². The monoisotopic (exact) mass is 241 g/mol. The predicted molar refractivity (Wildman–Crippen MR) is 69.1 cm³/mol. The fourth-order valence-corrected chi connectivity index (χ4v) is 1.89. The largest absolute Gasteiger partial charge is 1.00 e. The third kappa shape index (κ3) is 5.00. The first-order chi connectivity index (χ1) is 7.17. The van der Waals surface area contributed by atoms with Gasteiger partial charge in [-0.1, -0.05) is 38.0 Å². The third-order valence-corrected chi connectivity index (χ3v) is 3.03. The third-order valence-electron chi connectivity index (χ3n) is 3.03. The van der Waals surface area contributed by atoms with Crippen molar-refractivity contribution >= 4 is 5.69 Å². The maximum Gasteiger partial charge on any atom is 0.132 e. The first-order valence-electron chi connectivity index (χ1n) is 6.05. The summed E-state index contributed by atoms with van der Waals surface area (Å²) < 4.78 is 1.00. The number of para-hydroxylation sites is 1. The van der Waals surface area contributed by atoms with E-state index in [9.17, 15) is 0 Å². The van der Waals surface area contributed by atoms with E-state index in [0.717, 1.165) is 4.48 Å². The fourth-order valence-electron chi connectivity index (χ4n) is 1.89. The second-order valence-electron chi connectivity index (χ2n) is 4.80. The van der Waals surface area contributed by atoms with E-state index in [4.69, 9.17) is 0 Å². The summed E-state index contributed by atoms with van der Waals surface area (Å²) in [6, 6.07) is 10.8. The molecule has 92 valence electrons. The standard InChI is InChI=1S/C14H24N.ClH/c1-4-5-6-10-13-15(2,3)14-11-8-7-9-12-14;/h7-9,11-12H,4-6,10,13H2,1-3H3;1H/q+1;/p-1. The summed E-state index contributed by atoms with van der Waals surface area (Å²) in [6.07, 6.45) is 5.38. The van der Waals surface area contributed by atoms with Crippen LogP contribution in [0.3, 0.4) is 0 Å². The van der Waals surface area contributed by atoms with Gasteiger partial charge in [0.25, 0.3) is 0 Å². The number of halogens is 1. The number of unbranched alkanes of at least 4 members (excludes halogenated alkanes) is 3. The number of hydrogen-bond acceptors (Lipinski definition) is 0. The van der Waals surface area contributed by atoms with E-state index in [1.165, 1.54) is 37.9 Å². The molecule has 0 N–H and O–H groups in total. The number of nitrogens with zero attached hydrogens (tertiary/aromatic N) is 1. The van der Waals surface area contributed by atoms with Crippen LogP contribution in [-0.4, -0.2) is 20.6 Å². The molecule has 0 atom stereocenters. The number of rotatable bonds is 6. The van der Waals surface area contributed by atoms with Crippen LogP contribution in [0.1, 0.15) is 32.6 Å². The zero-order chi connectivity index (χ0) is 11.1. The van der Waals surface area contributed by atoms with E-state index in [-0.39, 0.29) is 12.4 Å². The Kier molecular flexibility index (Phi) is 7.44. The predicted octanol–water partition coefficient (Wildman–Crippen LogP) is 0.838. The normalized spacial score (nSPS) is 10.9. The van der Waals surface area contributed by atoms with Crippen molar-refractivity contribution in [3.05, 3.63) is 30.3 Å². The van der Waals surface area contributed by atoms with E-state index in [1.807, 2.05) is 0 Å². The zero-order valence-electron chi connectivity index (χ0n) is 10.7. The van der Waals surface area contributed by atoms with Gasteiger partial charge in [0.2, 0.25) is 0 Å². The number of benzene rings is 1. The first kappa shape index (κ1) is 15.5. The highest BCUT2D eigenvalue weighted by Gasteiger charge is 2.16. The first-order valence-corrected chi connectivity index (χ1v) is 6.05. The van der Waals surface area contributed by atoms with Gasteiger partial charge >= 0.3 is 0 Å². The summed E-state index contributed by atoms with van der Waals surface area (Å²) in [6.45, 7) is 3.50. The molecule has 1 aromatic rings. The van der Waals surface area contributed by atoms with Crippen molar-refractivity contribution < 1.29 is 12.4 Å². The maximum atomic E-state index is 2.29. The van der Waals surface area contributed by atoms with Gasteiger partial charge in [-0.05, 0) is 25.0 Å². The molecule has 16 heavy (non-hydrogen) atoms. The molecule has 0 aliphatic rings. The SMILES string of the molecule is CCCCCC[N+](C)(C)c1ccccc1.[Cl-]. The molecule has 0 heterocycles. The average molecular weight is 242 g/mol. The molecular formula is C14H24ClN. The Balaban J connectivity index is 0.00000225. The topological polar surface area (TPSA) is 0 Å². The minimum Gasteiger partial charge on any atom is -1.00 e. The highest BCUT2D eigenvalue weighted by Crippen LogP contribution is 2.18. The van der Waals surface area contributed by atoms with E-state index < -0.39 is 0 Å². The molecular weight excluding hydrogens is 218 g/mol. The van der Waals surface area contributed by atoms with Gasteiger partial charge < -0.3 is 12.4 Å². The summed E-state index contributed by atoms with van der Waals surface area (Å²) in [7, 11) is 4.59. The van der Waals surface area contributed by atoms with Gasteiger partial charge in [0.15, 0.2) is 0 Å². The number of hydrogen-bond donors (Lipinski definition) is 0. The average Bonchev–Trinajstić information content (AvgIpc) is 2.26. The summed E-state index contributed by atoms with van der Waals surface area (Å²) in [5.74, 6) is 0. The van der Waals surface area contributed by atoms with Crippen LogP contribution in [-0.2, 0) is 0 Å². The Morgan fingerprint density at radius 2 is 1.56 bits per heavy atom. The Bertz CT molecular complexity index is 269. The fraction of sp³-hybridized carbons (Fsp3) is 0.571. The molecule has 0 saturated carbocycles. The quantitative estimate of drug-likeness (QED) is 0.512. The second-order valence-corrected chi connectivity index (χ2v) is 4.80. The van der Waals surface area contributed by atoms with Crippen LogP contribution >= 0.6 is 0 Å².